The fourth-order valence-electron chi connectivity index (χ4n) is 3.76. The molecule has 0 bridgehead atoms. The molecule has 0 aromatic heterocycles. The van der Waals surface area contributed by atoms with Crippen molar-refractivity contribution in [2.24, 2.45) is 0 Å². The number of amides is 2. The lowest BCUT2D eigenvalue weighted by Crippen LogP contribution is -2.47. The second-order valence-electron chi connectivity index (χ2n) is 7.19. The van der Waals surface area contributed by atoms with E-state index in [4.69, 9.17) is 11.6 Å². The third-order valence-corrected chi connectivity index (χ3v) is 5.62. The van der Waals surface area contributed by atoms with Crippen LogP contribution in [-0.2, 0) is 5.54 Å². The summed E-state index contributed by atoms with van der Waals surface area (Å²) in [5.41, 5.74) is 2.29. The molecule has 2 amide bonds. The maximum Gasteiger partial charge on any atom is 0.332 e. The molecule has 2 unspecified atom stereocenters. The zero-order valence-corrected chi connectivity index (χ0v) is 16.5. The van der Waals surface area contributed by atoms with Gasteiger partial charge in [-0.1, -0.05) is 59.6 Å². The van der Waals surface area contributed by atoms with Crippen molar-refractivity contribution in [1.29, 1.82) is 0 Å². The van der Waals surface area contributed by atoms with Gasteiger partial charge in [-0.3, -0.25) is 9.80 Å². The van der Waals surface area contributed by atoms with Crippen molar-refractivity contribution in [3.8, 4) is 0 Å². The number of nitrogens with zero attached hydrogens (tertiary/aromatic N) is 2. The molecule has 1 aliphatic rings. The average Bonchev–Trinajstić information content (AvgIpc) is 2.91. The molecule has 3 aromatic rings. The van der Waals surface area contributed by atoms with Crippen LogP contribution >= 0.6 is 11.6 Å². The summed E-state index contributed by atoms with van der Waals surface area (Å²) in [4.78, 5) is 16.6. The summed E-state index contributed by atoms with van der Waals surface area (Å²) in [6.07, 6.45) is -1.07. The highest BCUT2D eigenvalue weighted by Crippen LogP contribution is 2.45. The second kappa shape index (κ2) is 6.97. The van der Waals surface area contributed by atoms with Crippen molar-refractivity contribution in [3.05, 3.63) is 95.0 Å². The summed E-state index contributed by atoms with van der Waals surface area (Å²) in [6.45, 7) is 3.87. The summed E-state index contributed by atoms with van der Waals surface area (Å²) in [7, 11) is 0. The van der Waals surface area contributed by atoms with Gasteiger partial charge in [0, 0.05) is 16.4 Å². The van der Waals surface area contributed by atoms with Crippen LogP contribution in [0.5, 0.6) is 0 Å². The molecule has 0 saturated carbocycles. The number of rotatable bonds is 3. The molecule has 3 aromatic carbocycles. The van der Waals surface area contributed by atoms with Crippen LogP contribution in [0.15, 0.2) is 78.9 Å². The van der Waals surface area contributed by atoms with E-state index in [1.54, 1.807) is 29.2 Å². The standard InChI is InChI=1S/C23H21ClN2O2/c1-16-8-12-19(13-9-16)25-21(27)23(2,17-6-4-3-5-7-17)26(22(25)28)20-14-10-18(24)11-15-20/h3-15,21,27H,1-2H3. The van der Waals surface area contributed by atoms with Crippen LogP contribution < -0.4 is 9.80 Å². The highest BCUT2D eigenvalue weighted by molar-refractivity contribution is 6.30. The SMILES string of the molecule is Cc1ccc(N2C(=O)N(c3ccc(Cl)cc3)C(C)(c3ccccc3)C2O)cc1. The van der Waals surface area contributed by atoms with E-state index in [0.29, 0.717) is 16.4 Å². The molecule has 2 atom stereocenters. The summed E-state index contributed by atoms with van der Waals surface area (Å²) in [5, 5.41) is 12.0. The fraction of sp³-hybridized carbons (Fsp3) is 0.174. The number of benzene rings is 3. The van der Waals surface area contributed by atoms with Crippen LogP contribution in [0.25, 0.3) is 0 Å². The Kier molecular flexibility index (Phi) is 4.61. The van der Waals surface area contributed by atoms with Gasteiger partial charge in [0.2, 0.25) is 0 Å². The Morgan fingerprint density at radius 3 is 2.07 bits per heavy atom. The van der Waals surface area contributed by atoms with Gasteiger partial charge in [0.1, 0.15) is 5.54 Å². The van der Waals surface area contributed by atoms with Gasteiger partial charge in [0.05, 0.1) is 0 Å². The average molecular weight is 393 g/mol. The number of carbonyl (C=O) groups excluding carboxylic acids is 1. The highest BCUT2D eigenvalue weighted by atomic mass is 35.5. The van der Waals surface area contributed by atoms with Crippen LogP contribution in [0.2, 0.25) is 5.02 Å². The largest absolute Gasteiger partial charge is 0.370 e. The van der Waals surface area contributed by atoms with Crippen LogP contribution in [0.4, 0.5) is 16.2 Å². The molecule has 1 aliphatic heterocycles. The number of urea groups is 1. The number of hydrogen-bond donors (Lipinski definition) is 1. The first kappa shape index (κ1) is 18.5. The Labute approximate surface area is 169 Å². The van der Waals surface area contributed by atoms with E-state index in [9.17, 15) is 9.90 Å². The molecular weight excluding hydrogens is 372 g/mol. The number of aryl methyl sites for hydroxylation is 1. The molecule has 4 nitrogen and oxygen atoms in total. The van der Waals surface area contributed by atoms with Gasteiger partial charge in [-0.05, 0) is 55.8 Å². The third kappa shape index (κ3) is 2.86. The molecule has 5 heteroatoms. The Bertz CT molecular complexity index is 989. The predicted octanol–water partition coefficient (Wildman–Crippen LogP) is 5.33. The second-order valence-corrected chi connectivity index (χ2v) is 7.62. The van der Waals surface area contributed by atoms with Crippen LogP contribution in [0.3, 0.4) is 0 Å². The Balaban J connectivity index is 1.89. The van der Waals surface area contributed by atoms with E-state index < -0.39 is 11.8 Å². The van der Waals surface area contributed by atoms with E-state index in [1.165, 1.54) is 4.90 Å². The molecule has 142 valence electrons. The van der Waals surface area contributed by atoms with E-state index in [0.717, 1.165) is 11.1 Å². The van der Waals surface area contributed by atoms with Crippen molar-refractivity contribution in [3.63, 3.8) is 0 Å². The Morgan fingerprint density at radius 2 is 1.46 bits per heavy atom. The van der Waals surface area contributed by atoms with E-state index in [-0.39, 0.29) is 6.03 Å². The quantitative estimate of drug-likeness (QED) is 0.654. The number of halogens is 1. The first-order valence-electron chi connectivity index (χ1n) is 9.12. The highest BCUT2D eigenvalue weighted by Gasteiger charge is 2.56. The van der Waals surface area contributed by atoms with Gasteiger partial charge in [-0.25, -0.2) is 4.79 Å². The van der Waals surface area contributed by atoms with Crippen molar-refractivity contribution in [2.45, 2.75) is 25.6 Å². The van der Waals surface area contributed by atoms with Crippen LogP contribution in [0, 0.1) is 6.92 Å². The molecular formula is C23H21ClN2O2. The lowest BCUT2D eigenvalue weighted by Gasteiger charge is -2.36. The van der Waals surface area contributed by atoms with Gasteiger partial charge in [0.15, 0.2) is 6.23 Å². The van der Waals surface area contributed by atoms with Crippen LogP contribution in [-0.4, -0.2) is 17.4 Å². The molecule has 28 heavy (non-hydrogen) atoms. The number of anilines is 2. The summed E-state index contributed by atoms with van der Waals surface area (Å²) in [6, 6.07) is 24.0. The maximum absolute atomic E-state index is 13.5. The van der Waals surface area contributed by atoms with Crippen molar-refractivity contribution >= 4 is 29.0 Å². The molecule has 1 saturated heterocycles. The molecule has 1 fully saturated rings. The van der Waals surface area contributed by atoms with Crippen molar-refractivity contribution in [2.75, 3.05) is 9.80 Å². The molecule has 1 heterocycles. The first-order valence-corrected chi connectivity index (χ1v) is 9.50. The summed E-state index contributed by atoms with van der Waals surface area (Å²) in [5.74, 6) is 0. The van der Waals surface area contributed by atoms with Gasteiger partial charge < -0.3 is 5.11 Å². The lowest BCUT2D eigenvalue weighted by molar-refractivity contribution is 0.119. The molecule has 0 radical (unpaired) electrons. The van der Waals surface area contributed by atoms with E-state index in [2.05, 4.69) is 0 Å². The normalized spacial score (nSPS) is 22.0. The van der Waals surface area contributed by atoms with Gasteiger partial charge in [0.25, 0.3) is 0 Å². The molecule has 0 spiro atoms. The number of hydrogen-bond acceptors (Lipinski definition) is 2. The fourth-order valence-corrected chi connectivity index (χ4v) is 3.88. The lowest BCUT2D eigenvalue weighted by atomic mass is 9.89. The minimum Gasteiger partial charge on any atom is -0.370 e. The maximum atomic E-state index is 13.5. The number of carbonyl (C=O) groups is 1. The Hall–Kier alpha value is -2.82. The van der Waals surface area contributed by atoms with Crippen LogP contribution in [0.1, 0.15) is 18.1 Å². The summed E-state index contributed by atoms with van der Waals surface area (Å²) >= 11 is 6.05. The van der Waals surface area contributed by atoms with Gasteiger partial charge >= 0.3 is 6.03 Å². The smallest absolute Gasteiger partial charge is 0.332 e. The van der Waals surface area contributed by atoms with Crippen molar-refractivity contribution in [1.82, 2.24) is 0 Å². The topological polar surface area (TPSA) is 43.8 Å². The summed E-state index contributed by atoms with van der Waals surface area (Å²) < 4.78 is 0. The zero-order valence-electron chi connectivity index (χ0n) is 15.7. The first-order chi connectivity index (χ1) is 13.4. The van der Waals surface area contributed by atoms with E-state index >= 15 is 0 Å². The minimum absolute atomic E-state index is 0.287. The van der Waals surface area contributed by atoms with Gasteiger partial charge in [-0.2, -0.15) is 0 Å². The molecule has 0 aliphatic carbocycles. The monoisotopic (exact) mass is 392 g/mol. The predicted molar refractivity (Wildman–Crippen MR) is 113 cm³/mol. The van der Waals surface area contributed by atoms with Crippen molar-refractivity contribution < 1.29 is 9.90 Å². The zero-order chi connectivity index (χ0) is 19.9. The molecule has 4 rings (SSSR count). The van der Waals surface area contributed by atoms with E-state index in [1.807, 2.05) is 68.4 Å². The minimum atomic E-state index is -1.07. The number of aliphatic hydroxyl groups is 1. The van der Waals surface area contributed by atoms with Gasteiger partial charge in [-0.15, -0.1) is 0 Å². The third-order valence-electron chi connectivity index (χ3n) is 5.36. The Morgan fingerprint density at radius 1 is 0.893 bits per heavy atom. The number of aliphatic hydroxyl groups excluding tert-OH is 1. The molecule has 1 N–H and O–H groups in total.